The van der Waals surface area contributed by atoms with Gasteiger partial charge in [-0.3, -0.25) is 14.9 Å². The van der Waals surface area contributed by atoms with Crippen molar-refractivity contribution in [1.82, 2.24) is 9.55 Å². The van der Waals surface area contributed by atoms with Gasteiger partial charge in [0, 0.05) is 70.2 Å². The van der Waals surface area contributed by atoms with Gasteiger partial charge in [-0.15, -0.1) is 0 Å². The maximum atomic E-state index is 12.7. The zero-order valence-corrected chi connectivity index (χ0v) is 16.6. The summed E-state index contributed by atoms with van der Waals surface area (Å²) in [5, 5.41) is 15.8. The third-order valence-electron chi connectivity index (χ3n) is 5.48. The molecule has 0 fully saturated rings. The number of fused-ring (bicyclic) bond motifs is 2. The minimum absolute atomic E-state index is 0.0577. The van der Waals surface area contributed by atoms with Gasteiger partial charge in [-0.2, -0.15) is 0 Å². The number of hydrogen-bond donors (Lipinski definition) is 2. The van der Waals surface area contributed by atoms with Gasteiger partial charge in [0.15, 0.2) is 0 Å². The van der Waals surface area contributed by atoms with E-state index >= 15 is 0 Å². The molecule has 0 aliphatic heterocycles. The smallest absolute Gasteiger partial charge is 0.269 e. The largest absolute Gasteiger partial charge is 0.360 e. The van der Waals surface area contributed by atoms with Gasteiger partial charge in [0.1, 0.15) is 0 Å². The highest BCUT2D eigenvalue weighted by Crippen LogP contribution is 2.31. The summed E-state index contributed by atoms with van der Waals surface area (Å²) in [7, 11) is 1.97. The molecule has 0 spiro atoms. The van der Waals surface area contributed by atoms with E-state index in [1.165, 1.54) is 12.1 Å². The first-order valence-corrected chi connectivity index (χ1v) is 9.72. The molecule has 3 aromatic carbocycles. The van der Waals surface area contributed by atoms with Crippen LogP contribution in [0.25, 0.3) is 32.9 Å². The maximum Gasteiger partial charge on any atom is 0.269 e. The first-order valence-electron chi connectivity index (χ1n) is 9.72. The lowest BCUT2D eigenvalue weighted by Crippen LogP contribution is -2.11. The molecule has 2 N–H and O–H groups in total. The number of carbonyl (C=O) groups excluding carboxylic acids is 1. The SMILES string of the molecule is Cn1ccc2cc(C(=O)Nc3ccc4c(-c5ccc([N+](=O)[O-])cc5)c[nH]c4c3)ccc21. The average Bonchev–Trinajstić information content (AvgIpc) is 3.36. The molecule has 5 rings (SSSR count). The Balaban J connectivity index is 1.41. The fraction of sp³-hybridized carbons (Fsp3) is 0.0417. The molecule has 0 aliphatic carbocycles. The summed E-state index contributed by atoms with van der Waals surface area (Å²) in [5.41, 5.74) is 5.09. The highest BCUT2D eigenvalue weighted by atomic mass is 16.6. The first kappa shape index (κ1) is 18.6. The van der Waals surface area contributed by atoms with Crippen LogP contribution in [0.2, 0.25) is 0 Å². The van der Waals surface area contributed by atoms with Crippen LogP contribution in [0.3, 0.4) is 0 Å². The summed E-state index contributed by atoms with van der Waals surface area (Å²) in [6.07, 6.45) is 3.83. The van der Waals surface area contributed by atoms with Crippen molar-refractivity contribution in [3.05, 3.63) is 94.8 Å². The molecule has 7 nitrogen and oxygen atoms in total. The van der Waals surface area contributed by atoms with Crippen LogP contribution in [0, 0.1) is 10.1 Å². The summed E-state index contributed by atoms with van der Waals surface area (Å²) in [5.74, 6) is -0.174. The van der Waals surface area contributed by atoms with E-state index in [-0.39, 0.29) is 11.6 Å². The zero-order valence-electron chi connectivity index (χ0n) is 16.6. The fourth-order valence-electron chi connectivity index (χ4n) is 3.83. The summed E-state index contributed by atoms with van der Waals surface area (Å²) in [6, 6.07) is 19.7. The number of aryl methyl sites for hydroxylation is 1. The molecule has 0 saturated carbocycles. The summed E-state index contributed by atoms with van der Waals surface area (Å²) < 4.78 is 2.01. The number of nitro groups is 1. The minimum atomic E-state index is -0.413. The molecule has 152 valence electrons. The number of nitrogens with zero attached hydrogens (tertiary/aromatic N) is 2. The number of amides is 1. The van der Waals surface area contributed by atoms with Gasteiger partial charge in [-0.05, 0) is 54.1 Å². The summed E-state index contributed by atoms with van der Waals surface area (Å²) in [6.45, 7) is 0. The second kappa shape index (κ2) is 7.14. The van der Waals surface area contributed by atoms with Crippen LogP contribution in [0.1, 0.15) is 10.4 Å². The van der Waals surface area contributed by atoms with E-state index in [0.29, 0.717) is 11.3 Å². The molecule has 0 radical (unpaired) electrons. The van der Waals surface area contributed by atoms with Crippen molar-refractivity contribution < 1.29 is 9.72 Å². The van der Waals surface area contributed by atoms with Crippen LogP contribution < -0.4 is 5.32 Å². The van der Waals surface area contributed by atoms with Crippen LogP contribution in [-0.2, 0) is 7.05 Å². The van der Waals surface area contributed by atoms with Gasteiger partial charge < -0.3 is 14.9 Å². The Morgan fingerprint density at radius 2 is 1.84 bits per heavy atom. The molecule has 2 aromatic heterocycles. The van der Waals surface area contributed by atoms with Gasteiger partial charge in [0.25, 0.3) is 11.6 Å². The number of nitrogens with one attached hydrogen (secondary N) is 2. The van der Waals surface area contributed by atoms with E-state index in [1.807, 2.05) is 66.5 Å². The highest BCUT2D eigenvalue weighted by molar-refractivity contribution is 6.07. The van der Waals surface area contributed by atoms with Crippen molar-refractivity contribution in [2.45, 2.75) is 0 Å². The Bertz CT molecular complexity index is 1460. The van der Waals surface area contributed by atoms with Crippen molar-refractivity contribution in [2.24, 2.45) is 7.05 Å². The van der Waals surface area contributed by atoms with Crippen molar-refractivity contribution in [3.63, 3.8) is 0 Å². The molecule has 5 aromatic rings. The fourth-order valence-corrected chi connectivity index (χ4v) is 3.83. The molecular formula is C24H18N4O3. The Morgan fingerprint density at radius 3 is 2.61 bits per heavy atom. The molecule has 0 saturated heterocycles. The van der Waals surface area contributed by atoms with Gasteiger partial charge in [-0.25, -0.2) is 0 Å². The van der Waals surface area contributed by atoms with Crippen molar-refractivity contribution in [1.29, 1.82) is 0 Å². The van der Waals surface area contributed by atoms with Crippen LogP contribution in [-0.4, -0.2) is 20.4 Å². The number of non-ortho nitro benzene ring substituents is 1. The minimum Gasteiger partial charge on any atom is -0.360 e. The number of H-pyrrole nitrogens is 1. The van der Waals surface area contributed by atoms with Gasteiger partial charge in [0.05, 0.1) is 4.92 Å². The molecule has 7 heteroatoms. The summed E-state index contributed by atoms with van der Waals surface area (Å²) >= 11 is 0. The lowest BCUT2D eigenvalue weighted by Gasteiger charge is -2.07. The van der Waals surface area contributed by atoms with E-state index in [9.17, 15) is 14.9 Å². The van der Waals surface area contributed by atoms with Gasteiger partial charge in [-0.1, -0.05) is 6.07 Å². The predicted octanol–water partition coefficient (Wildman–Crippen LogP) is 5.49. The van der Waals surface area contributed by atoms with Crippen LogP contribution in [0.15, 0.2) is 79.1 Å². The molecule has 1 amide bonds. The van der Waals surface area contributed by atoms with Gasteiger partial charge >= 0.3 is 0 Å². The first-order chi connectivity index (χ1) is 15.0. The molecule has 0 unspecified atom stereocenters. The van der Waals surface area contributed by atoms with Crippen LogP contribution in [0.4, 0.5) is 11.4 Å². The van der Waals surface area contributed by atoms with E-state index in [1.54, 1.807) is 12.1 Å². The van der Waals surface area contributed by atoms with Crippen molar-refractivity contribution in [3.8, 4) is 11.1 Å². The monoisotopic (exact) mass is 410 g/mol. The van der Waals surface area contributed by atoms with Gasteiger partial charge in [0.2, 0.25) is 0 Å². The maximum absolute atomic E-state index is 12.7. The third kappa shape index (κ3) is 3.32. The Labute approximate surface area is 177 Å². The number of hydrogen-bond acceptors (Lipinski definition) is 3. The van der Waals surface area contributed by atoms with E-state index in [2.05, 4.69) is 10.3 Å². The van der Waals surface area contributed by atoms with E-state index < -0.39 is 4.92 Å². The third-order valence-corrected chi connectivity index (χ3v) is 5.48. The number of aromatic amines is 1. The van der Waals surface area contributed by atoms with Crippen LogP contribution in [0.5, 0.6) is 0 Å². The molecule has 0 aliphatic rings. The predicted molar refractivity (Wildman–Crippen MR) is 121 cm³/mol. The highest BCUT2D eigenvalue weighted by Gasteiger charge is 2.12. The summed E-state index contributed by atoms with van der Waals surface area (Å²) in [4.78, 5) is 26.4. The average molecular weight is 410 g/mol. The normalized spacial score (nSPS) is 11.1. The number of rotatable bonds is 4. The number of nitro benzene ring substituents is 1. The van der Waals surface area contributed by atoms with Crippen LogP contribution >= 0.6 is 0 Å². The Morgan fingerprint density at radius 1 is 1.03 bits per heavy atom. The number of carbonyl (C=O) groups is 1. The number of benzene rings is 3. The van der Waals surface area contributed by atoms with E-state index in [4.69, 9.17) is 0 Å². The lowest BCUT2D eigenvalue weighted by molar-refractivity contribution is -0.384. The molecular weight excluding hydrogens is 392 g/mol. The molecule has 0 atom stereocenters. The second-order valence-electron chi connectivity index (χ2n) is 7.42. The standard InChI is InChI=1S/C24H18N4O3/c1-27-11-10-16-12-17(4-9-23(16)27)24(29)26-18-5-8-20-21(14-25-22(20)13-18)15-2-6-19(7-3-15)28(30)31/h2-14,25H,1H3,(H,26,29). The molecule has 0 bridgehead atoms. The second-order valence-corrected chi connectivity index (χ2v) is 7.42. The topological polar surface area (TPSA) is 93.0 Å². The quantitative estimate of drug-likeness (QED) is 0.303. The Kier molecular flexibility index (Phi) is 4.29. The zero-order chi connectivity index (χ0) is 21.5. The lowest BCUT2D eigenvalue weighted by atomic mass is 10.0. The van der Waals surface area contributed by atoms with Crippen molar-refractivity contribution in [2.75, 3.05) is 5.32 Å². The number of anilines is 1. The van der Waals surface area contributed by atoms with E-state index in [0.717, 1.165) is 32.9 Å². The molecule has 2 heterocycles. The van der Waals surface area contributed by atoms with Crippen molar-refractivity contribution >= 4 is 39.1 Å². The number of aromatic nitrogens is 2. The molecule has 31 heavy (non-hydrogen) atoms. The Hall–Kier alpha value is -4.39.